The zero-order valence-electron chi connectivity index (χ0n) is 17.9. The predicted octanol–water partition coefficient (Wildman–Crippen LogP) is 4.63. The first-order valence-electron chi connectivity index (χ1n) is 11.3. The lowest BCUT2D eigenvalue weighted by Crippen LogP contribution is -2.45. The Kier molecular flexibility index (Phi) is 5.73. The molecule has 5 nitrogen and oxygen atoms in total. The molecule has 5 heteroatoms. The summed E-state index contributed by atoms with van der Waals surface area (Å²) in [5, 5.41) is 13.3. The number of aliphatic hydroxyl groups excluding tert-OH is 1. The van der Waals surface area contributed by atoms with Gasteiger partial charge in [0.05, 0.1) is 17.7 Å². The quantitative estimate of drug-likeness (QED) is 0.490. The first kappa shape index (κ1) is 20.5. The van der Waals surface area contributed by atoms with Gasteiger partial charge in [-0.2, -0.15) is 0 Å². The molecule has 0 saturated heterocycles. The smallest absolute Gasteiger partial charge is 0.255 e. The molecule has 1 aliphatic rings. The van der Waals surface area contributed by atoms with E-state index in [1.807, 2.05) is 41.1 Å². The van der Waals surface area contributed by atoms with E-state index in [0.717, 1.165) is 37.7 Å². The van der Waals surface area contributed by atoms with Crippen LogP contribution in [0.4, 0.5) is 0 Å². The number of benzene rings is 2. The van der Waals surface area contributed by atoms with Crippen LogP contribution >= 0.6 is 0 Å². The van der Waals surface area contributed by atoms with Crippen LogP contribution in [0.3, 0.4) is 0 Å². The fourth-order valence-corrected chi connectivity index (χ4v) is 4.56. The van der Waals surface area contributed by atoms with E-state index in [4.69, 9.17) is 0 Å². The summed E-state index contributed by atoms with van der Waals surface area (Å²) in [6, 6.07) is 20.6. The van der Waals surface area contributed by atoms with E-state index in [-0.39, 0.29) is 11.9 Å². The maximum Gasteiger partial charge on any atom is 0.255 e. The Bertz CT molecular complexity index is 1210. The third-order valence-corrected chi connectivity index (χ3v) is 6.30. The Balaban J connectivity index is 1.38. The number of amides is 1. The van der Waals surface area contributed by atoms with Crippen LogP contribution in [0.15, 0.2) is 79.3 Å². The van der Waals surface area contributed by atoms with Crippen LogP contribution in [0.5, 0.6) is 0 Å². The number of carbonyl (C=O) groups excluding carboxylic acids is 1. The highest BCUT2D eigenvalue weighted by Crippen LogP contribution is 2.23. The van der Waals surface area contributed by atoms with Gasteiger partial charge in [-0.25, -0.2) is 4.98 Å². The first-order chi connectivity index (χ1) is 15.7. The van der Waals surface area contributed by atoms with Gasteiger partial charge < -0.3 is 14.8 Å². The van der Waals surface area contributed by atoms with Crippen LogP contribution in [0, 0.1) is 0 Å². The van der Waals surface area contributed by atoms with E-state index >= 15 is 0 Å². The summed E-state index contributed by atoms with van der Waals surface area (Å²) >= 11 is 0. The van der Waals surface area contributed by atoms with Gasteiger partial charge in [-0.3, -0.25) is 4.79 Å². The highest BCUT2D eigenvalue weighted by molar-refractivity contribution is 6.00. The Morgan fingerprint density at radius 1 is 1.00 bits per heavy atom. The minimum Gasteiger partial charge on any atom is -0.391 e. The van der Waals surface area contributed by atoms with Crippen molar-refractivity contribution in [3.63, 3.8) is 0 Å². The van der Waals surface area contributed by atoms with Gasteiger partial charge in [-0.15, -0.1) is 0 Å². The van der Waals surface area contributed by atoms with E-state index in [1.54, 1.807) is 6.20 Å². The molecule has 2 N–H and O–H groups in total. The molecule has 2 heterocycles. The Labute approximate surface area is 187 Å². The lowest BCUT2D eigenvalue weighted by atomic mass is 9.92. The first-order valence-corrected chi connectivity index (χ1v) is 11.3. The molecule has 4 aromatic rings. The maximum atomic E-state index is 13.1. The highest BCUT2D eigenvalue weighted by Gasteiger charge is 2.26. The molecule has 162 valence electrons. The molecule has 1 saturated carbocycles. The minimum atomic E-state index is -0.477. The molecule has 1 aliphatic carbocycles. The van der Waals surface area contributed by atoms with Crippen molar-refractivity contribution in [3.05, 3.63) is 95.9 Å². The summed E-state index contributed by atoms with van der Waals surface area (Å²) in [7, 11) is 0. The SMILES string of the molecule is O=C(N[C@H]1CCCC[C@@H]1O)c1cc(Cc2ccc(-c3ccccc3)cc2)cn2ccnc12. The molecule has 5 rings (SSSR count). The van der Waals surface area contributed by atoms with Crippen LogP contribution in [0.2, 0.25) is 0 Å². The fraction of sp³-hybridized carbons (Fsp3) is 0.259. The number of hydrogen-bond donors (Lipinski definition) is 2. The van der Waals surface area contributed by atoms with Crippen molar-refractivity contribution in [1.82, 2.24) is 14.7 Å². The second-order valence-corrected chi connectivity index (χ2v) is 8.59. The molecule has 1 amide bonds. The van der Waals surface area contributed by atoms with Gasteiger partial charge in [-0.05, 0) is 47.6 Å². The summed E-state index contributed by atoms with van der Waals surface area (Å²) in [5.41, 5.74) is 5.78. The van der Waals surface area contributed by atoms with E-state index in [2.05, 4.69) is 46.7 Å². The number of hydrogen-bond acceptors (Lipinski definition) is 3. The monoisotopic (exact) mass is 425 g/mol. The van der Waals surface area contributed by atoms with Crippen molar-refractivity contribution in [2.45, 2.75) is 44.2 Å². The second-order valence-electron chi connectivity index (χ2n) is 8.59. The van der Waals surface area contributed by atoms with Crippen molar-refractivity contribution in [1.29, 1.82) is 0 Å². The van der Waals surface area contributed by atoms with Crippen LogP contribution in [0.25, 0.3) is 16.8 Å². The summed E-state index contributed by atoms with van der Waals surface area (Å²) < 4.78 is 1.90. The van der Waals surface area contributed by atoms with E-state index < -0.39 is 6.10 Å². The van der Waals surface area contributed by atoms with Gasteiger partial charge >= 0.3 is 0 Å². The summed E-state index contributed by atoms with van der Waals surface area (Å²) in [5.74, 6) is -0.173. The van der Waals surface area contributed by atoms with Gasteiger partial charge in [-0.1, -0.05) is 67.4 Å². The lowest BCUT2D eigenvalue weighted by Gasteiger charge is -2.28. The van der Waals surface area contributed by atoms with Gasteiger partial charge in [0.25, 0.3) is 5.91 Å². The van der Waals surface area contributed by atoms with Crippen molar-refractivity contribution >= 4 is 11.6 Å². The van der Waals surface area contributed by atoms with Crippen LogP contribution < -0.4 is 5.32 Å². The molecule has 2 aromatic heterocycles. The van der Waals surface area contributed by atoms with E-state index in [9.17, 15) is 9.90 Å². The molecular formula is C27H27N3O2. The topological polar surface area (TPSA) is 66.6 Å². The number of rotatable bonds is 5. The Hall–Kier alpha value is -3.44. The molecule has 0 radical (unpaired) electrons. The van der Waals surface area contributed by atoms with Gasteiger partial charge in [0.1, 0.15) is 5.65 Å². The Morgan fingerprint density at radius 3 is 2.53 bits per heavy atom. The largest absolute Gasteiger partial charge is 0.391 e. The van der Waals surface area contributed by atoms with Gasteiger partial charge in [0, 0.05) is 18.6 Å². The number of imidazole rings is 1. The molecule has 2 aromatic carbocycles. The molecule has 0 aliphatic heterocycles. The molecule has 32 heavy (non-hydrogen) atoms. The summed E-state index contributed by atoms with van der Waals surface area (Å²) in [6.07, 6.45) is 9.43. The van der Waals surface area contributed by atoms with Crippen LogP contribution in [-0.2, 0) is 6.42 Å². The third-order valence-electron chi connectivity index (χ3n) is 6.30. The summed E-state index contributed by atoms with van der Waals surface area (Å²) in [6.45, 7) is 0. The molecule has 0 unspecified atom stereocenters. The van der Waals surface area contributed by atoms with Gasteiger partial charge in [0.2, 0.25) is 0 Å². The van der Waals surface area contributed by atoms with Gasteiger partial charge in [0.15, 0.2) is 0 Å². The third kappa shape index (κ3) is 4.30. The van der Waals surface area contributed by atoms with Crippen molar-refractivity contribution in [2.75, 3.05) is 0 Å². The number of nitrogens with one attached hydrogen (secondary N) is 1. The average molecular weight is 426 g/mol. The van der Waals surface area contributed by atoms with Crippen LogP contribution in [0.1, 0.15) is 47.2 Å². The number of pyridine rings is 1. The number of nitrogens with zero attached hydrogens (tertiary/aromatic N) is 2. The molecule has 1 fully saturated rings. The highest BCUT2D eigenvalue weighted by atomic mass is 16.3. The molecule has 0 spiro atoms. The zero-order valence-corrected chi connectivity index (χ0v) is 17.9. The normalized spacial score (nSPS) is 18.5. The van der Waals surface area contributed by atoms with Crippen molar-refractivity contribution in [3.8, 4) is 11.1 Å². The number of fused-ring (bicyclic) bond motifs is 1. The molecule has 2 atom stereocenters. The standard InChI is InChI=1S/C27H27N3O2/c31-25-9-5-4-8-24(25)29-27(32)23-17-20(18-30-15-14-28-26(23)30)16-19-10-12-22(13-11-19)21-6-2-1-3-7-21/h1-3,6-7,10-15,17-18,24-25,31H,4-5,8-9,16H2,(H,29,32)/t24-,25-/m0/s1. The predicted molar refractivity (Wildman–Crippen MR) is 126 cm³/mol. The summed E-state index contributed by atoms with van der Waals surface area (Å²) in [4.78, 5) is 17.5. The maximum absolute atomic E-state index is 13.1. The lowest BCUT2D eigenvalue weighted by molar-refractivity contribution is 0.0718. The average Bonchev–Trinajstić information content (AvgIpc) is 3.30. The number of aliphatic hydroxyl groups is 1. The van der Waals surface area contributed by atoms with Crippen LogP contribution in [-0.4, -0.2) is 32.5 Å². The number of carbonyl (C=O) groups is 1. The van der Waals surface area contributed by atoms with E-state index in [0.29, 0.717) is 11.2 Å². The van der Waals surface area contributed by atoms with E-state index in [1.165, 1.54) is 16.7 Å². The fourth-order valence-electron chi connectivity index (χ4n) is 4.56. The zero-order chi connectivity index (χ0) is 21.9. The minimum absolute atomic E-state index is 0.173. The van der Waals surface area contributed by atoms with Crippen molar-refractivity contribution < 1.29 is 9.90 Å². The molecular weight excluding hydrogens is 398 g/mol. The molecule has 0 bridgehead atoms. The second kappa shape index (κ2) is 8.97. The van der Waals surface area contributed by atoms with Crippen molar-refractivity contribution in [2.24, 2.45) is 0 Å². The number of aromatic nitrogens is 2. The Morgan fingerprint density at radius 2 is 1.75 bits per heavy atom.